The summed E-state index contributed by atoms with van der Waals surface area (Å²) in [6.07, 6.45) is 4.57. The summed E-state index contributed by atoms with van der Waals surface area (Å²) >= 11 is 0. The van der Waals surface area contributed by atoms with Gasteiger partial charge in [0.1, 0.15) is 0 Å². The van der Waals surface area contributed by atoms with E-state index in [4.69, 9.17) is 0 Å². The van der Waals surface area contributed by atoms with Crippen LogP contribution >= 0.6 is 0 Å². The van der Waals surface area contributed by atoms with Gasteiger partial charge in [-0.15, -0.1) is 0 Å². The first kappa shape index (κ1) is 10.7. The average Bonchev–Trinajstić information content (AvgIpc) is 2.73. The molecule has 0 aliphatic carbocycles. The molecule has 4 heteroatoms. The highest BCUT2D eigenvalue weighted by atomic mass is 16.1. The molecule has 0 aromatic carbocycles. The largest absolute Gasteiger partial charge is 0.352 e. The van der Waals surface area contributed by atoms with Gasteiger partial charge in [0.2, 0.25) is 5.91 Å². The van der Waals surface area contributed by atoms with Gasteiger partial charge in [0.15, 0.2) is 0 Å². The van der Waals surface area contributed by atoms with Crippen LogP contribution in [0.25, 0.3) is 0 Å². The highest BCUT2D eigenvalue weighted by molar-refractivity contribution is 5.77. The van der Waals surface area contributed by atoms with Crippen molar-refractivity contribution in [2.45, 2.75) is 37.9 Å². The number of piperidine rings is 1. The molecule has 0 spiro atoms. The quantitative estimate of drug-likeness (QED) is 0.823. The number of carbonyl (C=O) groups excluding carboxylic acids is 1. The molecule has 2 atom stereocenters. The Hall–Kier alpha value is -1.42. The van der Waals surface area contributed by atoms with E-state index in [1.807, 2.05) is 18.3 Å². The number of nitrogens with zero attached hydrogens (tertiary/aromatic N) is 2. The molecular weight excluding hydrogens is 214 g/mol. The normalized spacial score (nSPS) is 28.8. The molecule has 2 aliphatic heterocycles. The molecule has 3 rings (SSSR count). The van der Waals surface area contributed by atoms with E-state index in [1.54, 1.807) is 0 Å². The fourth-order valence-electron chi connectivity index (χ4n) is 2.92. The van der Waals surface area contributed by atoms with Crippen molar-refractivity contribution in [1.29, 1.82) is 0 Å². The molecule has 1 aromatic rings. The van der Waals surface area contributed by atoms with Crippen molar-refractivity contribution in [3.63, 3.8) is 0 Å². The summed E-state index contributed by atoms with van der Waals surface area (Å²) in [7, 11) is 0. The number of amides is 1. The molecule has 1 N–H and O–H groups in total. The number of rotatable bonds is 2. The number of fused-ring (bicyclic) bond motifs is 1. The van der Waals surface area contributed by atoms with Crippen molar-refractivity contribution >= 4 is 5.91 Å². The fraction of sp³-hybridized carbons (Fsp3) is 0.538. The van der Waals surface area contributed by atoms with E-state index in [0.717, 1.165) is 31.6 Å². The van der Waals surface area contributed by atoms with Crippen LogP contribution in [-0.2, 0) is 11.3 Å². The van der Waals surface area contributed by atoms with Gasteiger partial charge in [0, 0.05) is 37.8 Å². The standard InChI is InChI=1S/C13H17N3O/c17-13-5-4-12-11(15-13)6-8-16(12)9-10-3-1-2-7-14-10/h1-3,7,11-12H,4-6,8-9H2,(H,15,17)/t11-,12+/m0/s1. The minimum atomic E-state index is 0.214. The Bertz CT molecular complexity index is 406. The lowest BCUT2D eigenvalue weighted by Gasteiger charge is -2.31. The summed E-state index contributed by atoms with van der Waals surface area (Å²) in [4.78, 5) is 18.1. The molecule has 1 aromatic heterocycles. The summed E-state index contributed by atoms with van der Waals surface area (Å²) in [6.45, 7) is 1.96. The fourth-order valence-corrected chi connectivity index (χ4v) is 2.92. The van der Waals surface area contributed by atoms with Crippen LogP contribution in [0.5, 0.6) is 0 Å². The Labute approximate surface area is 101 Å². The summed E-state index contributed by atoms with van der Waals surface area (Å²) in [6, 6.07) is 6.90. The van der Waals surface area contributed by atoms with E-state index in [2.05, 4.69) is 21.3 Å². The van der Waals surface area contributed by atoms with Gasteiger partial charge in [-0.2, -0.15) is 0 Å². The second-order valence-electron chi connectivity index (χ2n) is 4.86. The van der Waals surface area contributed by atoms with Gasteiger partial charge in [-0.1, -0.05) is 6.07 Å². The molecule has 2 saturated heterocycles. The minimum Gasteiger partial charge on any atom is -0.352 e. The topological polar surface area (TPSA) is 45.2 Å². The molecule has 0 radical (unpaired) electrons. The molecule has 90 valence electrons. The Morgan fingerprint density at radius 1 is 1.41 bits per heavy atom. The van der Waals surface area contributed by atoms with Crippen molar-refractivity contribution in [2.75, 3.05) is 6.54 Å². The van der Waals surface area contributed by atoms with Gasteiger partial charge in [-0.05, 0) is 25.0 Å². The molecule has 4 nitrogen and oxygen atoms in total. The van der Waals surface area contributed by atoms with Crippen LogP contribution in [0.15, 0.2) is 24.4 Å². The number of likely N-dealkylation sites (tertiary alicyclic amines) is 1. The van der Waals surface area contributed by atoms with Crippen LogP contribution in [0, 0.1) is 0 Å². The van der Waals surface area contributed by atoms with E-state index in [9.17, 15) is 4.79 Å². The van der Waals surface area contributed by atoms with Crippen LogP contribution in [0.1, 0.15) is 25.0 Å². The smallest absolute Gasteiger partial charge is 0.220 e. The third-order valence-corrected chi connectivity index (χ3v) is 3.77. The van der Waals surface area contributed by atoms with E-state index in [1.165, 1.54) is 0 Å². The lowest BCUT2D eigenvalue weighted by Crippen LogP contribution is -2.49. The zero-order valence-electron chi connectivity index (χ0n) is 9.80. The second-order valence-corrected chi connectivity index (χ2v) is 4.86. The number of aromatic nitrogens is 1. The van der Waals surface area contributed by atoms with Crippen LogP contribution in [0.3, 0.4) is 0 Å². The Kier molecular flexibility index (Phi) is 2.81. The summed E-state index contributed by atoms with van der Waals surface area (Å²) in [5.74, 6) is 0.214. The molecule has 17 heavy (non-hydrogen) atoms. The molecule has 1 amide bonds. The second kappa shape index (κ2) is 4.45. The van der Waals surface area contributed by atoms with Crippen molar-refractivity contribution in [2.24, 2.45) is 0 Å². The first-order chi connectivity index (χ1) is 8.33. The predicted octanol–water partition coefficient (Wildman–Crippen LogP) is 0.934. The highest BCUT2D eigenvalue weighted by Gasteiger charge is 2.37. The van der Waals surface area contributed by atoms with E-state index >= 15 is 0 Å². The van der Waals surface area contributed by atoms with E-state index in [0.29, 0.717) is 18.5 Å². The molecular formula is C13H17N3O. The minimum absolute atomic E-state index is 0.214. The number of nitrogens with one attached hydrogen (secondary N) is 1. The third kappa shape index (κ3) is 2.17. The zero-order chi connectivity index (χ0) is 11.7. The Morgan fingerprint density at radius 3 is 3.18 bits per heavy atom. The monoisotopic (exact) mass is 231 g/mol. The molecule has 2 fully saturated rings. The summed E-state index contributed by atoms with van der Waals surface area (Å²) in [5, 5.41) is 3.09. The van der Waals surface area contributed by atoms with Crippen LogP contribution in [0.4, 0.5) is 0 Å². The van der Waals surface area contributed by atoms with Crippen molar-refractivity contribution in [1.82, 2.24) is 15.2 Å². The number of hydrogen-bond acceptors (Lipinski definition) is 3. The lowest BCUT2D eigenvalue weighted by atomic mass is 9.99. The SMILES string of the molecule is O=C1CC[C@@H]2[C@H](CCN2Cc2ccccn2)N1. The van der Waals surface area contributed by atoms with Gasteiger partial charge >= 0.3 is 0 Å². The third-order valence-electron chi connectivity index (χ3n) is 3.77. The predicted molar refractivity (Wildman–Crippen MR) is 64.2 cm³/mol. The van der Waals surface area contributed by atoms with Gasteiger partial charge in [0.05, 0.1) is 5.69 Å². The maximum atomic E-state index is 11.3. The van der Waals surface area contributed by atoms with E-state index < -0.39 is 0 Å². The molecule has 0 bridgehead atoms. The number of carbonyl (C=O) groups is 1. The van der Waals surface area contributed by atoms with Gasteiger partial charge in [-0.3, -0.25) is 14.7 Å². The lowest BCUT2D eigenvalue weighted by molar-refractivity contribution is -0.124. The Morgan fingerprint density at radius 2 is 2.35 bits per heavy atom. The van der Waals surface area contributed by atoms with Crippen LogP contribution < -0.4 is 5.32 Å². The number of hydrogen-bond donors (Lipinski definition) is 1. The number of pyridine rings is 1. The molecule has 2 aliphatic rings. The summed E-state index contributed by atoms with van der Waals surface area (Å²) < 4.78 is 0. The van der Waals surface area contributed by atoms with Gasteiger partial charge in [-0.25, -0.2) is 0 Å². The van der Waals surface area contributed by atoms with Crippen molar-refractivity contribution in [3.8, 4) is 0 Å². The highest BCUT2D eigenvalue weighted by Crippen LogP contribution is 2.26. The van der Waals surface area contributed by atoms with Gasteiger partial charge in [0.25, 0.3) is 0 Å². The average molecular weight is 231 g/mol. The van der Waals surface area contributed by atoms with Crippen LogP contribution in [-0.4, -0.2) is 34.4 Å². The maximum Gasteiger partial charge on any atom is 0.220 e. The maximum absolute atomic E-state index is 11.3. The summed E-state index contributed by atoms with van der Waals surface area (Å²) in [5.41, 5.74) is 1.12. The molecule has 3 heterocycles. The Balaban J connectivity index is 1.68. The first-order valence-corrected chi connectivity index (χ1v) is 6.26. The zero-order valence-corrected chi connectivity index (χ0v) is 9.80. The van der Waals surface area contributed by atoms with Crippen molar-refractivity contribution < 1.29 is 4.79 Å². The van der Waals surface area contributed by atoms with E-state index in [-0.39, 0.29) is 5.91 Å². The molecule has 0 unspecified atom stereocenters. The van der Waals surface area contributed by atoms with Crippen molar-refractivity contribution in [3.05, 3.63) is 30.1 Å². The molecule has 0 saturated carbocycles. The van der Waals surface area contributed by atoms with Crippen LogP contribution in [0.2, 0.25) is 0 Å². The first-order valence-electron chi connectivity index (χ1n) is 6.26. The van der Waals surface area contributed by atoms with Gasteiger partial charge < -0.3 is 5.32 Å².